The second kappa shape index (κ2) is 7.39. The molecule has 0 unspecified atom stereocenters. The number of methoxy groups -OCH3 is 1. The van der Waals surface area contributed by atoms with Crippen molar-refractivity contribution in [2.24, 2.45) is 16.7 Å². The van der Waals surface area contributed by atoms with E-state index in [0.29, 0.717) is 12.2 Å². The van der Waals surface area contributed by atoms with Gasteiger partial charge in [-0.25, -0.2) is 0 Å². The summed E-state index contributed by atoms with van der Waals surface area (Å²) in [6.45, 7) is 9.90. The number of carbonyl (C=O) groups is 1. The van der Waals surface area contributed by atoms with E-state index in [1.165, 1.54) is 11.1 Å². The van der Waals surface area contributed by atoms with Gasteiger partial charge in [-0.2, -0.15) is 0 Å². The second-order valence-electron chi connectivity index (χ2n) is 13.4. The fraction of sp³-hybridized carbons (Fsp3) is 0.759. The van der Waals surface area contributed by atoms with Crippen molar-refractivity contribution in [3.05, 3.63) is 23.3 Å². The van der Waals surface area contributed by atoms with Crippen molar-refractivity contribution in [2.45, 2.75) is 101 Å². The smallest absolute Gasteiger partial charge is 0.303 e. The van der Waals surface area contributed by atoms with Gasteiger partial charge in [0.15, 0.2) is 11.5 Å². The summed E-state index contributed by atoms with van der Waals surface area (Å²) in [6.07, 6.45) is 4.89. The number of piperidine rings is 1. The standard InChI is InChI=1S/C29H41NO6/c1-25(2,3)26(4,34)19-16-27-10-11-29(19,35-5)24-28(27)12-14-30(13-6-7-21(32)33)20(27)15-17-8-9-18(31)23(36-24)22(17)28/h8-9,19-20,24,31,34H,6-7,10-16H2,1-5H3,(H,32,33)/t19-,20-,24-,26+,27-,28+,29-/m1/s1. The largest absolute Gasteiger partial charge is 0.504 e. The molecule has 4 bridgehead atoms. The number of carboxylic acids is 1. The van der Waals surface area contributed by atoms with Crippen LogP contribution in [0.15, 0.2) is 12.1 Å². The lowest BCUT2D eigenvalue weighted by Gasteiger charge is -2.75. The molecule has 6 aliphatic rings. The van der Waals surface area contributed by atoms with Crippen LogP contribution in [-0.2, 0) is 21.4 Å². The first-order chi connectivity index (χ1) is 16.9. The average Bonchev–Trinajstić information content (AvgIpc) is 3.18. The maximum absolute atomic E-state index is 12.2. The van der Waals surface area contributed by atoms with Gasteiger partial charge < -0.3 is 24.8 Å². The number of nitrogens with zero attached hydrogens (tertiary/aromatic N) is 1. The molecule has 0 amide bonds. The van der Waals surface area contributed by atoms with Gasteiger partial charge in [0.2, 0.25) is 0 Å². The number of benzene rings is 1. The number of hydrogen-bond donors (Lipinski definition) is 3. The van der Waals surface area contributed by atoms with Crippen molar-refractivity contribution in [2.75, 3.05) is 20.2 Å². The SMILES string of the molecule is CO[C@]12CC[C@@]3(C[C@@H]1[C@](C)(O)C(C)(C)C)[C@H]1Cc4ccc(O)c5c4[C@@]3(CCN1CCCC(=O)O)[C@H]2O5. The van der Waals surface area contributed by atoms with Crippen molar-refractivity contribution in [3.8, 4) is 11.5 Å². The first kappa shape index (κ1) is 24.5. The molecule has 198 valence electrons. The molecule has 36 heavy (non-hydrogen) atoms. The maximum Gasteiger partial charge on any atom is 0.303 e. The Bertz CT molecular complexity index is 1110. The van der Waals surface area contributed by atoms with Gasteiger partial charge in [0, 0.05) is 41.9 Å². The number of aliphatic carboxylic acids is 1. The summed E-state index contributed by atoms with van der Waals surface area (Å²) in [5.41, 5.74) is -0.0121. The molecule has 1 aromatic carbocycles. The molecule has 2 heterocycles. The summed E-state index contributed by atoms with van der Waals surface area (Å²) in [5.74, 6) is -0.0679. The Labute approximate surface area is 213 Å². The predicted molar refractivity (Wildman–Crippen MR) is 134 cm³/mol. The highest BCUT2D eigenvalue weighted by molar-refractivity contribution is 5.66. The van der Waals surface area contributed by atoms with Crippen LogP contribution in [0.4, 0.5) is 0 Å². The minimum absolute atomic E-state index is 0.134. The van der Waals surface area contributed by atoms with Gasteiger partial charge in [0.05, 0.1) is 5.60 Å². The Morgan fingerprint density at radius 2 is 1.97 bits per heavy atom. The van der Waals surface area contributed by atoms with Crippen molar-refractivity contribution in [3.63, 3.8) is 0 Å². The summed E-state index contributed by atoms with van der Waals surface area (Å²) >= 11 is 0. The van der Waals surface area contributed by atoms with Gasteiger partial charge in [0.1, 0.15) is 11.7 Å². The van der Waals surface area contributed by atoms with Crippen LogP contribution in [0.5, 0.6) is 11.5 Å². The van der Waals surface area contributed by atoms with E-state index in [2.05, 4.69) is 31.7 Å². The van der Waals surface area contributed by atoms with Gasteiger partial charge >= 0.3 is 5.97 Å². The molecule has 0 aromatic heterocycles. The van der Waals surface area contributed by atoms with Gasteiger partial charge in [0.25, 0.3) is 0 Å². The van der Waals surface area contributed by atoms with Crippen LogP contribution < -0.4 is 4.74 Å². The van der Waals surface area contributed by atoms with E-state index in [1.54, 1.807) is 13.2 Å². The fourth-order valence-electron chi connectivity index (χ4n) is 9.43. The number of aliphatic hydroxyl groups is 1. The van der Waals surface area contributed by atoms with E-state index >= 15 is 0 Å². The highest BCUT2D eigenvalue weighted by atomic mass is 16.6. The summed E-state index contributed by atoms with van der Waals surface area (Å²) in [6, 6.07) is 4.06. The van der Waals surface area contributed by atoms with Gasteiger partial charge in [-0.05, 0) is 75.6 Å². The van der Waals surface area contributed by atoms with E-state index < -0.39 is 17.2 Å². The fourth-order valence-corrected chi connectivity index (χ4v) is 9.43. The minimum atomic E-state index is -0.999. The van der Waals surface area contributed by atoms with Crippen LogP contribution >= 0.6 is 0 Å². The van der Waals surface area contributed by atoms with E-state index in [9.17, 15) is 20.1 Å². The highest BCUT2D eigenvalue weighted by Crippen LogP contribution is 2.78. The van der Waals surface area contributed by atoms with Crippen molar-refractivity contribution < 1.29 is 29.6 Å². The molecule has 7 rings (SSSR count). The van der Waals surface area contributed by atoms with E-state index in [1.807, 2.05) is 6.92 Å². The Kier molecular flexibility index (Phi) is 5.03. The Hall–Kier alpha value is -1.83. The second-order valence-corrected chi connectivity index (χ2v) is 13.4. The zero-order valence-electron chi connectivity index (χ0n) is 22.3. The van der Waals surface area contributed by atoms with Crippen molar-refractivity contribution in [1.29, 1.82) is 0 Å². The molecule has 4 fully saturated rings. The quantitative estimate of drug-likeness (QED) is 0.546. The molecule has 7 atom stereocenters. The third-order valence-corrected chi connectivity index (χ3v) is 11.5. The number of phenolic OH excluding ortho intramolecular Hbond substituents is 1. The summed E-state index contributed by atoms with van der Waals surface area (Å²) in [7, 11) is 1.77. The number of rotatable bonds is 6. The van der Waals surface area contributed by atoms with Crippen LogP contribution in [0.3, 0.4) is 0 Å². The van der Waals surface area contributed by atoms with Crippen LogP contribution in [0.25, 0.3) is 0 Å². The molecule has 1 aromatic rings. The summed E-state index contributed by atoms with van der Waals surface area (Å²) in [4.78, 5) is 13.8. The van der Waals surface area contributed by atoms with Crippen molar-refractivity contribution >= 4 is 5.97 Å². The van der Waals surface area contributed by atoms with E-state index in [4.69, 9.17) is 9.47 Å². The monoisotopic (exact) mass is 499 g/mol. The lowest BCUT2D eigenvalue weighted by Crippen LogP contribution is -2.83. The molecule has 7 heteroatoms. The van der Waals surface area contributed by atoms with Gasteiger partial charge in [-0.3, -0.25) is 9.69 Å². The lowest BCUT2D eigenvalue weighted by molar-refractivity contribution is -0.312. The molecule has 1 saturated heterocycles. The number of aromatic hydroxyl groups is 1. The van der Waals surface area contributed by atoms with E-state index in [0.717, 1.165) is 45.2 Å². The van der Waals surface area contributed by atoms with Crippen LogP contribution in [-0.4, -0.2) is 69.7 Å². The average molecular weight is 500 g/mol. The van der Waals surface area contributed by atoms with Crippen LogP contribution in [0.2, 0.25) is 0 Å². The number of likely N-dealkylation sites (tertiary alicyclic amines) is 1. The third-order valence-electron chi connectivity index (χ3n) is 11.5. The van der Waals surface area contributed by atoms with Gasteiger partial charge in [-0.15, -0.1) is 0 Å². The minimum Gasteiger partial charge on any atom is -0.504 e. The maximum atomic E-state index is 12.2. The third kappa shape index (κ3) is 2.67. The first-order valence-corrected chi connectivity index (χ1v) is 13.6. The molecule has 2 spiro atoms. The summed E-state index contributed by atoms with van der Waals surface area (Å²) in [5, 5.41) is 32.4. The van der Waals surface area contributed by atoms with E-state index in [-0.39, 0.29) is 46.5 Å². The Morgan fingerprint density at radius 1 is 1.22 bits per heavy atom. The Balaban J connectivity index is 1.54. The molecule has 0 radical (unpaired) electrons. The van der Waals surface area contributed by atoms with Crippen LogP contribution in [0.1, 0.15) is 77.3 Å². The topological polar surface area (TPSA) is 99.5 Å². The number of carboxylic acid groups (broad SMARTS) is 1. The molecule has 7 nitrogen and oxygen atoms in total. The highest BCUT2D eigenvalue weighted by Gasteiger charge is 2.82. The zero-order valence-corrected chi connectivity index (χ0v) is 22.3. The van der Waals surface area contributed by atoms with Crippen LogP contribution in [0, 0.1) is 16.7 Å². The zero-order chi connectivity index (χ0) is 25.9. The Morgan fingerprint density at radius 3 is 2.64 bits per heavy atom. The molecular formula is C29H41NO6. The van der Waals surface area contributed by atoms with Gasteiger partial charge in [-0.1, -0.05) is 26.8 Å². The first-order valence-electron chi connectivity index (χ1n) is 13.6. The van der Waals surface area contributed by atoms with Crippen molar-refractivity contribution in [1.82, 2.24) is 4.90 Å². The molecular weight excluding hydrogens is 458 g/mol. The molecule has 2 aliphatic heterocycles. The summed E-state index contributed by atoms with van der Waals surface area (Å²) < 4.78 is 13.3. The predicted octanol–water partition coefficient (Wildman–Crippen LogP) is 3.87. The number of fused-ring (bicyclic) bond motifs is 2. The molecule has 3 saturated carbocycles. The number of phenols is 1. The number of hydrogen-bond acceptors (Lipinski definition) is 6. The number of ether oxygens (including phenoxy) is 2. The molecule has 3 N–H and O–H groups in total. The molecule has 4 aliphatic carbocycles. The lowest BCUT2D eigenvalue weighted by atomic mass is 9.33. The normalized spacial score (nSPS) is 39.9.